The topological polar surface area (TPSA) is 83.1 Å². The van der Waals surface area contributed by atoms with Crippen LogP contribution in [0.15, 0.2) is 42.5 Å². The molecule has 0 aliphatic heterocycles. The lowest BCUT2D eigenvalue weighted by Crippen LogP contribution is -2.35. The maximum atomic E-state index is 12.2. The van der Waals surface area contributed by atoms with Crippen molar-refractivity contribution in [3.05, 3.63) is 53.6 Å². The summed E-state index contributed by atoms with van der Waals surface area (Å²) in [6.45, 7) is 1.84. The van der Waals surface area contributed by atoms with E-state index in [1.165, 1.54) is 0 Å². The minimum atomic E-state index is -0.886. The van der Waals surface area contributed by atoms with Gasteiger partial charge in [0.1, 0.15) is 5.75 Å². The number of methoxy groups -OCH3 is 3. The fraction of sp³-hybridized carbons (Fsp3) is 0.364. The lowest BCUT2D eigenvalue weighted by Gasteiger charge is -2.15. The van der Waals surface area contributed by atoms with Crippen LogP contribution in [0.3, 0.4) is 0 Å². The first-order valence-electron chi connectivity index (χ1n) is 9.28. The first-order valence-corrected chi connectivity index (χ1v) is 9.28. The third kappa shape index (κ3) is 6.41. The van der Waals surface area contributed by atoms with E-state index in [0.717, 1.165) is 11.1 Å². The third-order valence-electron chi connectivity index (χ3n) is 4.39. The summed E-state index contributed by atoms with van der Waals surface area (Å²) in [5.74, 6) is 1.10. The van der Waals surface area contributed by atoms with Crippen molar-refractivity contribution in [3.8, 4) is 17.2 Å². The number of carbonyl (C=O) groups excluding carboxylic acids is 2. The largest absolute Gasteiger partial charge is 0.496 e. The maximum absolute atomic E-state index is 12.2. The Kier molecular flexibility index (Phi) is 8.33. The molecule has 7 heteroatoms. The molecule has 0 saturated heterocycles. The van der Waals surface area contributed by atoms with Gasteiger partial charge in [-0.3, -0.25) is 9.59 Å². The lowest BCUT2D eigenvalue weighted by atomic mass is 10.1. The molecule has 2 rings (SSSR count). The lowest BCUT2D eigenvalue weighted by molar-refractivity contribution is -0.154. The van der Waals surface area contributed by atoms with E-state index < -0.39 is 12.1 Å². The van der Waals surface area contributed by atoms with E-state index >= 15 is 0 Å². The molecule has 0 unspecified atom stereocenters. The molecule has 0 fully saturated rings. The summed E-state index contributed by atoms with van der Waals surface area (Å²) in [5, 5.41) is 2.75. The standard InChI is InChI=1S/C22H27NO6/c1-15(22(25)23-14-17-7-5-6-8-18(17)26-2)29-21(24)12-10-16-9-11-19(27-3)20(13-16)28-4/h5-9,11,13,15H,10,12,14H2,1-4H3,(H,23,25)/t15-/m1/s1. The van der Waals surface area contributed by atoms with Gasteiger partial charge < -0.3 is 24.3 Å². The number of carbonyl (C=O) groups is 2. The molecule has 7 nitrogen and oxygen atoms in total. The summed E-state index contributed by atoms with van der Waals surface area (Å²) in [7, 11) is 4.69. The monoisotopic (exact) mass is 401 g/mol. The molecule has 2 aromatic rings. The quantitative estimate of drug-likeness (QED) is 0.617. The SMILES string of the molecule is COc1ccccc1CNC(=O)[C@@H](C)OC(=O)CCc1ccc(OC)c(OC)c1. The van der Waals surface area contributed by atoms with Crippen molar-refractivity contribution in [1.82, 2.24) is 5.32 Å². The average molecular weight is 401 g/mol. The number of esters is 1. The minimum Gasteiger partial charge on any atom is -0.496 e. The molecule has 0 bridgehead atoms. The summed E-state index contributed by atoms with van der Waals surface area (Å²) in [6, 6.07) is 12.9. The van der Waals surface area contributed by atoms with Crippen LogP contribution in [0.5, 0.6) is 17.2 Å². The number of benzene rings is 2. The van der Waals surface area contributed by atoms with Crippen LogP contribution < -0.4 is 19.5 Å². The molecule has 0 aliphatic rings. The fourth-order valence-corrected chi connectivity index (χ4v) is 2.77. The van der Waals surface area contributed by atoms with Crippen LogP contribution in [0.4, 0.5) is 0 Å². The zero-order valence-electron chi connectivity index (χ0n) is 17.2. The van der Waals surface area contributed by atoms with E-state index in [0.29, 0.717) is 23.7 Å². The van der Waals surface area contributed by atoms with Gasteiger partial charge in [0.15, 0.2) is 17.6 Å². The summed E-state index contributed by atoms with van der Waals surface area (Å²) in [5.41, 5.74) is 1.75. The van der Waals surface area contributed by atoms with Crippen molar-refractivity contribution < 1.29 is 28.5 Å². The van der Waals surface area contributed by atoms with Crippen molar-refractivity contribution in [2.24, 2.45) is 0 Å². The van der Waals surface area contributed by atoms with Gasteiger partial charge in [-0.05, 0) is 37.1 Å². The fourth-order valence-electron chi connectivity index (χ4n) is 2.77. The summed E-state index contributed by atoms with van der Waals surface area (Å²) in [4.78, 5) is 24.3. The Morgan fingerprint density at radius 3 is 2.31 bits per heavy atom. The minimum absolute atomic E-state index is 0.152. The molecule has 0 aromatic heterocycles. The van der Waals surface area contributed by atoms with Crippen LogP contribution in [-0.2, 0) is 27.3 Å². The third-order valence-corrected chi connectivity index (χ3v) is 4.39. The number of hydrogen-bond donors (Lipinski definition) is 1. The van der Waals surface area contributed by atoms with Gasteiger partial charge >= 0.3 is 5.97 Å². The molecular formula is C22H27NO6. The highest BCUT2D eigenvalue weighted by molar-refractivity contribution is 5.83. The van der Waals surface area contributed by atoms with Crippen molar-refractivity contribution in [2.45, 2.75) is 32.4 Å². The van der Waals surface area contributed by atoms with Crippen LogP contribution in [0.1, 0.15) is 24.5 Å². The smallest absolute Gasteiger partial charge is 0.306 e. The maximum Gasteiger partial charge on any atom is 0.306 e. The van der Waals surface area contributed by atoms with Crippen molar-refractivity contribution in [2.75, 3.05) is 21.3 Å². The zero-order valence-corrected chi connectivity index (χ0v) is 17.2. The Balaban J connectivity index is 1.81. The number of hydrogen-bond acceptors (Lipinski definition) is 6. The highest BCUT2D eigenvalue weighted by Gasteiger charge is 2.18. The highest BCUT2D eigenvalue weighted by Crippen LogP contribution is 2.28. The molecule has 29 heavy (non-hydrogen) atoms. The molecule has 0 saturated carbocycles. The molecule has 0 aliphatic carbocycles. The van der Waals surface area contributed by atoms with Gasteiger partial charge in [-0.2, -0.15) is 0 Å². The summed E-state index contributed by atoms with van der Waals surface area (Å²) < 4.78 is 20.9. The van der Waals surface area contributed by atoms with E-state index in [1.807, 2.05) is 36.4 Å². The van der Waals surface area contributed by atoms with Crippen molar-refractivity contribution in [3.63, 3.8) is 0 Å². The van der Waals surface area contributed by atoms with Crippen LogP contribution >= 0.6 is 0 Å². The number of amides is 1. The van der Waals surface area contributed by atoms with Gasteiger partial charge in [0.05, 0.1) is 21.3 Å². The van der Waals surface area contributed by atoms with Gasteiger partial charge in [0.25, 0.3) is 5.91 Å². The molecule has 0 radical (unpaired) electrons. The second-order valence-electron chi connectivity index (χ2n) is 6.35. The van der Waals surface area contributed by atoms with Crippen LogP contribution in [0.25, 0.3) is 0 Å². The zero-order chi connectivity index (χ0) is 21.2. The first kappa shape index (κ1) is 22.1. The highest BCUT2D eigenvalue weighted by atomic mass is 16.5. The molecule has 0 spiro atoms. The van der Waals surface area contributed by atoms with E-state index in [2.05, 4.69) is 5.32 Å². The number of ether oxygens (including phenoxy) is 4. The molecular weight excluding hydrogens is 374 g/mol. The first-order chi connectivity index (χ1) is 14.0. The predicted molar refractivity (Wildman–Crippen MR) is 108 cm³/mol. The summed E-state index contributed by atoms with van der Waals surface area (Å²) in [6.07, 6.45) is -0.267. The van der Waals surface area contributed by atoms with Crippen molar-refractivity contribution >= 4 is 11.9 Å². The van der Waals surface area contributed by atoms with Gasteiger partial charge in [0.2, 0.25) is 0 Å². The Morgan fingerprint density at radius 2 is 1.62 bits per heavy atom. The molecule has 156 valence electrons. The van der Waals surface area contributed by atoms with Gasteiger partial charge in [-0.25, -0.2) is 0 Å². The molecule has 2 aromatic carbocycles. The Bertz CT molecular complexity index is 836. The molecule has 1 amide bonds. The summed E-state index contributed by atoms with van der Waals surface area (Å²) >= 11 is 0. The average Bonchev–Trinajstić information content (AvgIpc) is 2.75. The van der Waals surface area contributed by atoms with E-state index in [1.54, 1.807) is 34.3 Å². The number of rotatable bonds is 10. The molecule has 1 N–H and O–H groups in total. The van der Waals surface area contributed by atoms with Gasteiger partial charge in [0, 0.05) is 18.5 Å². The van der Waals surface area contributed by atoms with Crippen LogP contribution in [0, 0.1) is 0 Å². The van der Waals surface area contributed by atoms with Gasteiger partial charge in [-0.1, -0.05) is 24.3 Å². The number of para-hydroxylation sites is 1. The second kappa shape index (κ2) is 10.9. The van der Waals surface area contributed by atoms with Gasteiger partial charge in [-0.15, -0.1) is 0 Å². The van der Waals surface area contributed by atoms with E-state index in [4.69, 9.17) is 18.9 Å². The number of nitrogens with one attached hydrogen (secondary N) is 1. The molecule has 1 atom stereocenters. The van der Waals surface area contributed by atoms with E-state index in [-0.39, 0.29) is 18.9 Å². The predicted octanol–water partition coefficient (Wildman–Crippen LogP) is 2.89. The van der Waals surface area contributed by atoms with Crippen molar-refractivity contribution in [1.29, 1.82) is 0 Å². The molecule has 0 heterocycles. The van der Waals surface area contributed by atoms with Crippen LogP contribution in [0.2, 0.25) is 0 Å². The Labute approximate surface area is 170 Å². The Morgan fingerprint density at radius 1 is 0.931 bits per heavy atom. The Hall–Kier alpha value is -3.22. The van der Waals surface area contributed by atoms with Crippen LogP contribution in [-0.4, -0.2) is 39.3 Å². The normalized spacial score (nSPS) is 11.3. The van der Waals surface area contributed by atoms with E-state index in [9.17, 15) is 9.59 Å². The number of aryl methyl sites for hydroxylation is 1. The second-order valence-corrected chi connectivity index (χ2v) is 6.35.